The van der Waals surface area contributed by atoms with Crippen LogP contribution in [0.2, 0.25) is 10.0 Å². The van der Waals surface area contributed by atoms with Crippen molar-refractivity contribution >= 4 is 40.5 Å². The van der Waals surface area contributed by atoms with Crippen LogP contribution in [0.5, 0.6) is 5.75 Å². The quantitative estimate of drug-likeness (QED) is 0.621. The van der Waals surface area contributed by atoms with Crippen LogP contribution in [-0.2, 0) is 0 Å². The molecule has 3 N–H and O–H groups in total. The van der Waals surface area contributed by atoms with Gasteiger partial charge in [-0.2, -0.15) is 0 Å². The lowest BCUT2D eigenvalue weighted by atomic mass is 10.2. The summed E-state index contributed by atoms with van der Waals surface area (Å²) < 4.78 is 10.7. The number of furan rings is 1. The van der Waals surface area contributed by atoms with Crippen molar-refractivity contribution in [3.63, 3.8) is 0 Å². The van der Waals surface area contributed by atoms with Gasteiger partial charge in [-0.05, 0) is 36.4 Å². The Morgan fingerprint density at radius 1 is 1.16 bits per heavy atom. The lowest BCUT2D eigenvalue weighted by Crippen LogP contribution is -2.12. The summed E-state index contributed by atoms with van der Waals surface area (Å²) in [5, 5.41) is 3.47. The van der Waals surface area contributed by atoms with Crippen LogP contribution in [0.3, 0.4) is 0 Å². The van der Waals surface area contributed by atoms with Gasteiger partial charge in [-0.1, -0.05) is 29.3 Å². The molecule has 2 aromatic carbocycles. The normalized spacial score (nSPS) is 10.5. The first kappa shape index (κ1) is 17.2. The molecular formula is C18H14Cl2N2O3. The van der Waals surface area contributed by atoms with Crippen molar-refractivity contribution in [3.8, 4) is 17.1 Å². The number of carbonyl (C=O) groups is 1. The van der Waals surface area contributed by atoms with E-state index in [1.807, 2.05) is 0 Å². The van der Waals surface area contributed by atoms with Gasteiger partial charge in [0.25, 0.3) is 5.91 Å². The van der Waals surface area contributed by atoms with Crippen molar-refractivity contribution in [1.29, 1.82) is 0 Å². The molecule has 0 radical (unpaired) electrons. The standard InChI is InChI=1S/C18H14Cl2N2O3/c1-24-10-5-6-14(13(21)9-10)22-18(23)16-8-7-15(25-16)11-3-2-4-12(19)17(11)20/h2-9H,21H2,1H3,(H,22,23). The molecule has 3 rings (SSSR count). The summed E-state index contributed by atoms with van der Waals surface area (Å²) in [5.74, 6) is 0.745. The number of nitrogens with one attached hydrogen (secondary N) is 1. The zero-order valence-electron chi connectivity index (χ0n) is 13.2. The number of carbonyl (C=O) groups excluding carboxylic acids is 1. The van der Waals surface area contributed by atoms with Gasteiger partial charge in [-0.3, -0.25) is 4.79 Å². The Bertz CT molecular complexity index is 938. The molecule has 5 nitrogen and oxygen atoms in total. The van der Waals surface area contributed by atoms with E-state index < -0.39 is 5.91 Å². The number of amides is 1. The Hall–Kier alpha value is -2.63. The van der Waals surface area contributed by atoms with Crippen molar-refractivity contribution in [2.75, 3.05) is 18.2 Å². The summed E-state index contributed by atoms with van der Waals surface area (Å²) >= 11 is 12.2. The maximum absolute atomic E-state index is 12.4. The van der Waals surface area contributed by atoms with E-state index in [2.05, 4.69) is 5.32 Å². The largest absolute Gasteiger partial charge is 0.497 e. The highest BCUT2D eigenvalue weighted by Gasteiger charge is 2.16. The molecule has 0 aliphatic heterocycles. The Morgan fingerprint density at radius 3 is 2.68 bits per heavy atom. The van der Waals surface area contributed by atoms with E-state index in [1.165, 1.54) is 0 Å². The first-order chi connectivity index (χ1) is 12.0. The van der Waals surface area contributed by atoms with Crippen LogP contribution in [0.25, 0.3) is 11.3 Å². The van der Waals surface area contributed by atoms with Gasteiger partial charge in [0.05, 0.1) is 28.5 Å². The third-order valence-electron chi connectivity index (χ3n) is 3.55. The number of hydrogen-bond donors (Lipinski definition) is 2. The minimum atomic E-state index is -0.429. The highest BCUT2D eigenvalue weighted by Crippen LogP contribution is 2.34. The van der Waals surface area contributed by atoms with Crippen molar-refractivity contribution in [2.45, 2.75) is 0 Å². The Balaban J connectivity index is 1.82. The van der Waals surface area contributed by atoms with Gasteiger partial charge >= 0.3 is 0 Å². The van der Waals surface area contributed by atoms with E-state index in [0.29, 0.717) is 38.5 Å². The lowest BCUT2D eigenvalue weighted by Gasteiger charge is -2.08. The number of nitrogen functional groups attached to an aromatic ring is 1. The number of methoxy groups -OCH3 is 1. The van der Waals surface area contributed by atoms with E-state index in [-0.39, 0.29) is 5.76 Å². The third kappa shape index (κ3) is 3.57. The predicted molar refractivity (Wildman–Crippen MR) is 99.5 cm³/mol. The first-order valence-electron chi connectivity index (χ1n) is 7.28. The van der Waals surface area contributed by atoms with Crippen molar-refractivity contribution in [2.24, 2.45) is 0 Å². The molecular weight excluding hydrogens is 363 g/mol. The summed E-state index contributed by atoms with van der Waals surface area (Å²) in [7, 11) is 1.54. The van der Waals surface area contributed by atoms with Gasteiger partial charge < -0.3 is 20.2 Å². The summed E-state index contributed by atoms with van der Waals surface area (Å²) in [6.45, 7) is 0. The molecule has 0 aliphatic carbocycles. The molecule has 3 aromatic rings. The van der Waals surface area contributed by atoms with Crippen LogP contribution in [0.1, 0.15) is 10.6 Å². The van der Waals surface area contributed by atoms with E-state index in [1.54, 1.807) is 55.6 Å². The first-order valence-corrected chi connectivity index (χ1v) is 8.04. The molecule has 25 heavy (non-hydrogen) atoms. The average Bonchev–Trinajstić information content (AvgIpc) is 3.09. The number of nitrogens with two attached hydrogens (primary N) is 1. The van der Waals surface area contributed by atoms with Crippen LogP contribution < -0.4 is 15.8 Å². The number of anilines is 2. The molecule has 1 aromatic heterocycles. The molecule has 0 unspecified atom stereocenters. The topological polar surface area (TPSA) is 77.5 Å². The number of rotatable bonds is 4. The second-order valence-electron chi connectivity index (χ2n) is 5.17. The maximum atomic E-state index is 12.4. The third-order valence-corrected chi connectivity index (χ3v) is 4.37. The summed E-state index contributed by atoms with van der Waals surface area (Å²) in [4.78, 5) is 12.4. The molecule has 1 amide bonds. The molecule has 1 heterocycles. The second kappa shape index (κ2) is 7.09. The number of ether oxygens (including phenoxy) is 1. The van der Waals surface area contributed by atoms with Crippen molar-refractivity contribution < 1.29 is 13.9 Å². The van der Waals surface area contributed by atoms with Gasteiger partial charge in [0.15, 0.2) is 5.76 Å². The van der Waals surface area contributed by atoms with Crippen LogP contribution in [-0.4, -0.2) is 13.0 Å². The minimum absolute atomic E-state index is 0.126. The van der Waals surface area contributed by atoms with Gasteiger partial charge in [0.2, 0.25) is 0 Å². The monoisotopic (exact) mass is 376 g/mol. The summed E-state index contributed by atoms with van der Waals surface area (Å²) in [6, 6.07) is 13.4. The Kier molecular flexibility index (Phi) is 4.88. The molecule has 0 spiro atoms. The Morgan fingerprint density at radius 2 is 1.96 bits per heavy atom. The Labute approximate surface area is 154 Å². The van der Waals surface area contributed by atoms with E-state index in [9.17, 15) is 4.79 Å². The maximum Gasteiger partial charge on any atom is 0.291 e. The number of hydrogen-bond acceptors (Lipinski definition) is 4. The molecule has 0 atom stereocenters. The van der Waals surface area contributed by atoms with Crippen LogP contribution in [0.15, 0.2) is 52.9 Å². The fraction of sp³-hybridized carbons (Fsp3) is 0.0556. The molecule has 0 bridgehead atoms. The SMILES string of the molecule is COc1ccc(NC(=O)c2ccc(-c3cccc(Cl)c3Cl)o2)c(N)c1. The zero-order chi connectivity index (χ0) is 18.0. The van der Waals surface area contributed by atoms with Crippen molar-refractivity contribution in [3.05, 3.63) is 64.3 Å². The second-order valence-corrected chi connectivity index (χ2v) is 5.96. The highest BCUT2D eigenvalue weighted by atomic mass is 35.5. The van der Waals surface area contributed by atoms with Gasteiger partial charge in [0, 0.05) is 11.6 Å². The predicted octanol–water partition coefficient (Wildman–Crippen LogP) is 5.10. The fourth-order valence-electron chi connectivity index (χ4n) is 2.26. The summed E-state index contributed by atoms with van der Waals surface area (Å²) in [6.07, 6.45) is 0. The molecule has 128 valence electrons. The number of benzene rings is 2. The zero-order valence-corrected chi connectivity index (χ0v) is 14.7. The summed E-state index contributed by atoms with van der Waals surface area (Å²) in [5.41, 5.74) is 7.36. The molecule has 0 saturated carbocycles. The highest BCUT2D eigenvalue weighted by molar-refractivity contribution is 6.43. The van der Waals surface area contributed by atoms with Crippen LogP contribution >= 0.6 is 23.2 Å². The van der Waals surface area contributed by atoms with E-state index in [4.69, 9.17) is 38.1 Å². The van der Waals surface area contributed by atoms with Crippen molar-refractivity contribution in [1.82, 2.24) is 0 Å². The fourth-order valence-corrected chi connectivity index (χ4v) is 2.66. The van der Waals surface area contributed by atoms with Gasteiger partial charge in [-0.15, -0.1) is 0 Å². The minimum Gasteiger partial charge on any atom is -0.497 e. The van der Waals surface area contributed by atoms with E-state index >= 15 is 0 Å². The molecule has 7 heteroatoms. The van der Waals surface area contributed by atoms with Crippen LogP contribution in [0.4, 0.5) is 11.4 Å². The van der Waals surface area contributed by atoms with Gasteiger partial charge in [-0.25, -0.2) is 0 Å². The average molecular weight is 377 g/mol. The van der Waals surface area contributed by atoms with Crippen LogP contribution in [0, 0.1) is 0 Å². The number of halogens is 2. The molecule has 0 fully saturated rings. The smallest absolute Gasteiger partial charge is 0.291 e. The van der Waals surface area contributed by atoms with E-state index in [0.717, 1.165) is 0 Å². The molecule has 0 aliphatic rings. The lowest BCUT2D eigenvalue weighted by molar-refractivity contribution is 0.0997. The van der Waals surface area contributed by atoms with Gasteiger partial charge in [0.1, 0.15) is 11.5 Å². The molecule has 0 saturated heterocycles.